The van der Waals surface area contributed by atoms with Gasteiger partial charge in [-0.2, -0.15) is 0 Å². The number of amides is 1. The zero-order valence-electron chi connectivity index (χ0n) is 12.4. The summed E-state index contributed by atoms with van der Waals surface area (Å²) < 4.78 is 0. The van der Waals surface area contributed by atoms with Gasteiger partial charge in [-0.3, -0.25) is 4.79 Å². The molecule has 0 bridgehead atoms. The Morgan fingerprint density at radius 3 is 2.45 bits per heavy atom. The zero-order valence-corrected chi connectivity index (χ0v) is 12.4. The first-order chi connectivity index (χ1) is 9.53. The third kappa shape index (κ3) is 3.45. The summed E-state index contributed by atoms with van der Waals surface area (Å²) >= 11 is 0. The average Bonchev–Trinajstić information content (AvgIpc) is 2.49. The van der Waals surface area contributed by atoms with Crippen LogP contribution >= 0.6 is 0 Å². The van der Waals surface area contributed by atoms with E-state index >= 15 is 0 Å². The third-order valence-electron chi connectivity index (χ3n) is 3.86. The van der Waals surface area contributed by atoms with Gasteiger partial charge in [0.15, 0.2) is 0 Å². The molecule has 1 saturated heterocycles. The molecule has 6 heteroatoms. The molecule has 20 heavy (non-hydrogen) atoms. The molecule has 2 rings (SSSR count). The number of nitrogens with zero attached hydrogens (tertiary/aromatic N) is 3. The van der Waals surface area contributed by atoms with Crippen molar-refractivity contribution in [3.63, 3.8) is 0 Å². The predicted molar refractivity (Wildman–Crippen MR) is 78.5 cm³/mol. The Morgan fingerprint density at radius 2 is 1.90 bits per heavy atom. The van der Waals surface area contributed by atoms with Gasteiger partial charge in [0.25, 0.3) is 0 Å². The van der Waals surface area contributed by atoms with Gasteiger partial charge < -0.3 is 15.5 Å². The molecule has 1 amide bonds. The summed E-state index contributed by atoms with van der Waals surface area (Å²) in [5.74, 6) is 0.822. The summed E-state index contributed by atoms with van der Waals surface area (Å²) in [5, 5.41) is 6.14. The Labute approximate surface area is 120 Å². The van der Waals surface area contributed by atoms with Crippen molar-refractivity contribution < 1.29 is 4.79 Å². The molecule has 0 unspecified atom stereocenters. The molecule has 1 aliphatic rings. The molecule has 0 aromatic carbocycles. The lowest BCUT2D eigenvalue weighted by Crippen LogP contribution is -2.55. The lowest BCUT2D eigenvalue weighted by Gasteiger charge is -2.34. The molecule has 0 radical (unpaired) electrons. The largest absolute Gasteiger partial charge is 0.352 e. The van der Waals surface area contributed by atoms with Crippen LogP contribution in [0.2, 0.25) is 0 Å². The molecule has 1 aromatic rings. The van der Waals surface area contributed by atoms with Crippen LogP contribution in [0.25, 0.3) is 0 Å². The smallest absolute Gasteiger partial charge is 0.239 e. The van der Waals surface area contributed by atoms with Gasteiger partial charge in [0.05, 0.1) is 5.54 Å². The van der Waals surface area contributed by atoms with Crippen molar-refractivity contribution in [2.75, 3.05) is 25.0 Å². The maximum absolute atomic E-state index is 12.1. The number of carbonyl (C=O) groups excluding carboxylic acids is 1. The van der Waals surface area contributed by atoms with Gasteiger partial charge in [-0.15, -0.1) is 0 Å². The van der Waals surface area contributed by atoms with Gasteiger partial charge in [-0.05, 0) is 39.8 Å². The summed E-state index contributed by atoms with van der Waals surface area (Å²) in [6.45, 7) is 5.51. The SMILES string of the molecule is CNC(C)(C)C(=O)NC1CCN(c2ncccn2)CC1. The number of anilines is 1. The summed E-state index contributed by atoms with van der Waals surface area (Å²) in [6, 6.07) is 2.05. The second-order valence-corrected chi connectivity index (χ2v) is 5.66. The van der Waals surface area contributed by atoms with Crippen molar-refractivity contribution in [1.29, 1.82) is 0 Å². The van der Waals surface area contributed by atoms with Crippen LogP contribution in [0.15, 0.2) is 18.5 Å². The Morgan fingerprint density at radius 1 is 1.30 bits per heavy atom. The minimum atomic E-state index is -0.528. The van der Waals surface area contributed by atoms with Gasteiger partial charge in [-0.25, -0.2) is 9.97 Å². The highest BCUT2D eigenvalue weighted by Gasteiger charge is 2.29. The molecule has 2 heterocycles. The fourth-order valence-corrected chi connectivity index (χ4v) is 2.16. The standard InChI is InChI=1S/C14H23N5O/c1-14(2,15-3)12(20)18-11-5-9-19(10-6-11)13-16-7-4-8-17-13/h4,7-8,11,15H,5-6,9-10H2,1-3H3,(H,18,20). The summed E-state index contributed by atoms with van der Waals surface area (Å²) in [6.07, 6.45) is 5.35. The quantitative estimate of drug-likeness (QED) is 0.841. The number of carbonyl (C=O) groups is 1. The van der Waals surface area contributed by atoms with Crippen LogP contribution in [-0.4, -0.2) is 47.6 Å². The van der Waals surface area contributed by atoms with Gasteiger partial charge in [0.1, 0.15) is 0 Å². The van der Waals surface area contributed by atoms with Crippen LogP contribution in [0.4, 0.5) is 5.95 Å². The van der Waals surface area contributed by atoms with Crippen LogP contribution in [0.1, 0.15) is 26.7 Å². The van der Waals surface area contributed by atoms with E-state index in [1.807, 2.05) is 19.9 Å². The van der Waals surface area contributed by atoms with E-state index < -0.39 is 5.54 Å². The highest BCUT2D eigenvalue weighted by atomic mass is 16.2. The first kappa shape index (κ1) is 14.7. The average molecular weight is 277 g/mol. The van der Waals surface area contributed by atoms with Crippen LogP contribution in [0.3, 0.4) is 0 Å². The number of aromatic nitrogens is 2. The number of likely N-dealkylation sites (N-methyl/N-ethyl adjacent to an activating group) is 1. The topological polar surface area (TPSA) is 70.2 Å². The molecule has 1 aromatic heterocycles. The van der Waals surface area contributed by atoms with E-state index in [1.54, 1.807) is 19.4 Å². The minimum Gasteiger partial charge on any atom is -0.352 e. The van der Waals surface area contributed by atoms with E-state index in [2.05, 4.69) is 25.5 Å². The van der Waals surface area contributed by atoms with Gasteiger partial charge in [-0.1, -0.05) is 0 Å². The molecule has 110 valence electrons. The van der Waals surface area contributed by atoms with Gasteiger partial charge in [0.2, 0.25) is 11.9 Å². The fraction of sp³-hybridized carbons (Fsp3) is 0.643. The van der Waals surface area contributed by atoms with Gasteiger partial charge >= 0.3 is 0 Å². The molecule has 0 atom stereocenters. The number of hydrogen-bond acceptors (Lipinski definition) is 5. The van der Waals surface area contributed by atoms with Crippen LogP contribution < -0.4 is 15.5 Å². The third-order valence-corrected chi connectivity index (χ3v) is 3.86. The number of hydrogen-bond donors (Lipinski definition) is 2. The van der Waals surface area contributed by atoms with Crippen molar-refractivity contribution in [3.8, 4) is 0 Å². The molecule has 6 nitrogen and oxygen atoms in total. The Bertz CT molecular complexity index is 440. The maximum Gasteiger partial charge on any atom is 0.239 e. The highest BCUT2D eigenvalue weighted by molar-refractivity contribution is 5.85. The van der Waals surface area contributed by atoms with E-state index in [0.717, 1.165) is 31.9 Å². The van der Waals surface area contributed by atoms with Crippen LogP contribution in [0.5, 0.6) is 0 Å². The number of rotatable bonds is 4. The molecular weight excluding hydrogens is 254 g/mol. The van der Waals surface area contributed by atoms with Crippen molar-refractivity contribution in [2.24, 2.45) is 0 Å². The van der Waals surface area contributed by atoms with Gasteiger partial charge in [0, 0.05) is 31.5 Å². The van der Waals surface area contributed by atoms with Crippen molar-refractivity contribution >= 4 is 11.9 Å². The maximum atomic E-state index is 12.1. The number of piperidine rings is 1. The first-order valence-corrected chi connectivity index (χ1v) is 7.05. The summed E-state index contributed by atoms with van der Waals surface area (Å²) in [5.41, 5.74) is -0.528. The van der Waals surface area contributed by atoms with E-state index in [-0.39, 0.29) is 11.9 Å². The van der Waals surface area contributed by atoms with Crippen molar-refractivity contribution in [3.05, 3.63) is 18.5 Å². The second kappa shape index (κ2) is 6.17. The van der Waals surface area contributed by atoms with E-state index in [4.69, 9.17) is 0 Å². The summed E-state index contributed by atoms with van der Waals surface area (Å²) in [7, 11) is 1.80. The highest BCUT2D eigenvalue weighted by Crippen LogP contribution is 2.16. The normalized spacial score (nSPS) is 17.1. The predicted octanol–water partition coefficient (Wildman–Crippen LogP) is 0.560. The van der Waals surface area contributed by atoms with Crippen LogP contribution in [0, 0.1) is 0 Å². The van der Waals surface area contributed by atoms with E-state index in [1.165, 1.54) is 0 Å². The first-order valence-electron chi connectivity index (χ1n) is 7.05. The van der Waals surface area contributed by atoms with Crippen molar-refractivity contribution in [2.45, 2.75) is 38.3 Å². The van der Waals surface area contributed by atoms with Crippen LogP contribution in [-0.2, 0) is 4.79 Å². The molecule has 2 N–H and O–H groups in total. The monoisotopic (exact) mass is 277 g/mol. The summed E-state index contributed by atoms with van der Waals surface area (Å²) in [4.78, 5) is 22.8. The number of nitrogens with one attached hydrogen (secondary N) is 2. The molecule has 0 spiro atoms. The molecule has 0 saturated carbocycles. The molecule has 0 aliphatic carbocycles. The fourth-order valence-electron chi connectivity index (χ4n) is 2.16. The van der Waals surface area contributed by atoms with E-state index in [0.29, 0.717) is 0 Å². The Kier molecular flexibility index (Phi) is 4.54. The lowest BCUT2D eigenvalue weighted by molar-refractivity contribution is -0.127. The zero-order chi connectivity index (χ0) is 14.6. The molecule has 1 fully saturated rings. The minimum absolute atomic E-state index is 0.0504. The lowest BCUT2D eigenvalue weighted by atomic mass is 10.0. The molecular formula is C14H23N5O. The second-order valence-electron chi connectivity index (χ2n) is 5.66. The van der Waals surface area contributed by atoms with E-state index in [9.17, 15) is 4.79 Å². The Balaban J connectivity index is 1.85. The Hall–Kier alpha value is -1.69. The molecule has 1 aliphatic heterocycles. The van der Waals surface area contributed by atoms with Crippen molar-refractivity contribution in [1.82, 2.24) is 20.6 Å².